The van der Waals surface area contributed by atoms with Crippen molar-refractivity contribution in [1.82, 2.24) is 10.2 Å². The van der Waals surface area contributed by atoms with Gasteiger partial charge in [-0.15, -0.1) is 0 Å². The zero-order chi connectivity index (χ0) is 14.7. The number of amides is 1. The second-order valence-corrected chi connectivity index (χ2v) is 5.27. The minimum atomic E-state index is -0.298. The van der Waals surface area contributed by atoms with Crippen molar-refractivity contribution in [2.75, 3.05) is 20.1 Å². The summed E-state index contributed by atoms with van der Waals surface area (Å²) in [5.74, 6) is -0.239. The van der Waals surface area contributed by atoms with E-state index in [2.05, 4.69) is 12.2 Å². The van der Waals surface area contributed by atoms with Crippen LogP contribution in [-0.2, 0) is 0 Å². The van der Waals surface area contributed by atoms with Gasteiger partial charge in [-0.25, -0.2) is 0 Å². The number of phenols is 2. The fraction of sp³-hybridized carbons (Fsp3) is 0.533. The molecular formula is C15H22N2O3. The van der Waals surface area contributed by atoms with Crippen LogP contribution < -0.4 is 5.32 Å². The lowest BCUT2D eigenvalue weighted by molar-refractivity contribution is 0.0625. The second-order valence-electron chi connectivity index (χ2n) is 5.27. The number of hydrogen-bond donors (Lipinski definition) is 3. The lowest BCUT2D eigenvalue weighted by Gasteiger charge is -2.38. The number of nitrogens with zero attached hydrogens (tertiary/aromatic N) is 1. The zero-order valence-electron chi connectivity index (χ0n) is 12.0. The maximum absolute atomic E-state index is 12.5. The number of carbonyl (C=O) groups excluding carboxylic acids is 1. The summed E-state index contributed by atoms with van der Waals surface area (Å²) in [6.45, 7) is 3.39. The highest BCUT2D eigenvalue weighted by Gasteiger charge is 2.31. The molecule has 1 aromatic carbocycles. The molecule has 1 aliphatic heterocycles. The van der Waals surface area contributed by atoms with Crippen molar-refractivity contribution < 1.29 is 15.0 Å². The van der Waals surface area contributed by atoms with Gasteiger partial charge in [0.1, 0.15) is 17.1 Å². The molecule has 0 saturated carbocycles. The first kappa shape index (κ1) is 14.7. The van der Waals surface area contributed by atoms with Gasteiger partial charge in [0.2, 0.25) is 0 Å². The Kier molecular flexibility index (Phi) is 4.49. The number of hydrogen-bond acceptors (Lipinski definition) is 4. The number of benzene rings is 1. The molecule has 1 fully saturated rings. The Hall–Kier alpha value is -1.75. The van der Waals surface area contributed by atoms with Crippen molar-refractivity contribution >= 4 is 5.91 Å². The van der Waals surface area contributed by atoms with Crippen molar-refractivity contribution in [3.8, 4) is 11.5 Å². The van der Waals surface area contributed by atoms with Crippen molar-refractivity contribution in [2.45, 2.75) is 25.8 Å². The Morgan fingerprint density at radius 3 is 2.60 bits per heavy atom. The van der Waals surface area contributed by atoms with Gasteiger partial charge in [0.15, 0.2) is 0 Å². The Bertz CT molecular complexity index is 470. The molecule has 1 amide bonds. The minimum Gasteiger partial charge on any atom is -0.507 e. The van der Waals surface area contributed by atoms with E-state index in [9.17, 15) is 15.0 Å². The third-order valence-electron chi connectivity index (χ3n) is 4.15. The number of likely N-dealkylation sites (tertiary alicyclic amines) is 1. The summed E-state index contributed by atoms with van der Waals surface area (Å²) in [4.78, 5) is 14.2. The smallest absolute Gasteiger partial charge is 0.261 e. The predicted molar refractivity (Wildman–Crippen MR) is 76.9 cm³/mol. The van der Waals surface area contributed by atoms with E-state index in [1.807, 2.05) is 7.05 Å². The summed E-state index contributed by atoms with van der Waals surface area (Å²) in [7, 11) is 1.94. The number of nitrogens with one attached hydrogen (secondary N) is 1. The highest BCUT2D eigenvalue weighted by molar-refractivity contribution is 5.99. The fourth-order valence-electron chi connectivity index (χ4n) is 2.92. The normalized spacial score (nSPS) is 22.8. The summed E-state index contributed by atoms with van der Waals surface area (Å²) < 4.78 is 0. The van der Waals surface area contributed by atoms with Crippen LogP contribution >= 0.6 is 0 Å². The first-order chi connectivity index (χ1) is 9.58. The van der Waals surface area contributed by atoms with Gasteiger partial charge in [-0.1, -0.05) is 19.4 Å². The average Bonchev–Trinajstić information content (AvgIpc) is 2.46. The number of piperidine rings is 1. The minimum absolute atomic E-state index is 0.00487. The van der Waals surface area contributed by atoms with Crippen LogP contribution in [0.1, 0.15) is 30.1 Å². The van der Waals surface area contributed by atoms with E-state index in [1.54, 1.807) is 4.90 Å². The van der Waals surface area contributed by atoms with Crippen LogP contribution in [0.3, 0.4) is 0 Å². The lowest BCUT2D eigenvalue weighted by Crippen LogP contribution is -2.50. The fourth-order valence-corrected chi connectivity index (χ4v) is 2.92. The molecular weight excluding hydrogens is 256 g/mol. The molecule has 0 aliphatic carbocycles. The molecule has 2 unspecified atom stereocenters. The molecule has 110 valence electrons. The molecule has 0 spiro atoms. The standard InChI is InChI=1S/C15H22N2O3/c1-3-10-9-17(8-7-11(10)16-2)15(20)14-12(18)5-4-6-13(14)19/h4-6,10-11,16,18-19H,3,7-9H2,1-2H3. The third kappa shape index (κ3) is 2.72. The van der Waals surface area contributed by atoms with Gasteiger partial charge < -0.3 is 20.4 Å². The summed E-state index contributed by atoms with van der Waals surface area (Å²) in [5.41, 5.74) is 0.00487. The Balaban J connectivity index is 2.18. The van der Waals surface area contributed by atoms with Gasteiger partial charge in [0.05, 0.1) is 0 Å². The molecule has 5 heteroatoms. The van der Waals surface area contributed by atoms with Gasteiger partial charge >= 0.3 is 0 Å². The van der Waals surface area contributed by atoms with E-state index in [1.165, 1.54) is 18.2 Å². The maximum atomic E-state index is 12.5. The second kappa shape index (κ2) is 6.13. The van der Waals surface area contributed by atoms with Crippen LogP contribution in [0.2, 0.25) is 0 Å². The lowest BCUT2D eigenvalue weighted by atomic mass is 9.89. The molecule has 0 bridgehead atoms. The van der Waals surface area contributed by atoms with E-state index >= 15 is 0 Å². The highest BCUT2D eigenvalue weighted by atomic mass is 16.3. The van der Waals surface area contributed by atoms with E-state index in [0.29, 0.717) is 25.0 Å². The van der Waals surface area contributed by atoms with Crippen LogP contribution in [0.15, 0.2) is 18.2 Å². The largest absolute Gasteiger partial charge is 0.507 e. The van der Waals surface area contributed by atoms with E-state index in [4.69, 9.17) is 0 Å². The zero-order valence-corrected chi connectivity index (χ0v) is 12.0. The summed E-state index contributed by atoms with van der Waals surface area (Å²) in [6, 6.07) is 4.78. The Morgan fingerprint density at radius 1 is 1.40 bits per heavy atom. The Morgan fingerprint density at radius 2 is 2.05 bits per heavy atom. The van der Waals surface area contributed by atoms with Gasteiger partial charge in [-0.05, 0) is 31.5 Å². The first-order valence-corrected chi connectivity index (χ1v) is 7.06. The average molecular weight is 278 g/mol. The number of carbonyl (C=O) groups is 1. The summed E-state index contributed by atoms with van der Waals surface area (Å²) >= 11 is 0. The summed E-state index contributed by atoms with van der Waals surface area (Å²) in [6.07, 6.45) is 1.87. The Labute approximate surface area is 119 Å². The van der Waals surface area contributed by atoms with Gasteiger partial charge in [-0.2, -0.15) is 0 Å². The van der Waals surface area contributed by atoms with Crippen LogP contribution in [0.5, 0.6) is 11.5 Å². The molecule has 1 aliphatic rings. The van der Waals surface area contributed by atoms with Gasteiger partial charge in [0, 0.05) is 19.1 Å². The van der Waals surface area contributed by atoms with E-state index in [-0.39, 0.29) is 23.0 Å². The molecule has 2 atom stereocenters. The topological polar surface area (TPSA) is 72.8 Å². The predicted octanol–water partition coefficient (Wildman–Crippen LogP) is 1.56. The monoisotopic (exact) mass is 278 g/mol. The number of aromatic hydroxyl groups is 2. The molecule has 1 heterocycles. The third-order valence-corrected chi connectivity index (χ3v) is 4.15. The quantitative estimate of drug-likeness (QED) is 0.784. The molecule has 1 saturated heterocycles. The summed E-state index contributed by atoms with van der Waals surface area (Å²) in [5, 5.41) is 22.9. The molecule has 3 N–H and O–H groups in total. The van der Waals surface area contributed by atoms with Crippen molar-refractivity contribution in [2.24, 2.45) is 5.92 Å². The molecule has 2 rings (SSSR count). The number of phenolic OH excluding ortho intramolecular Hbond substituents is 2. The highest BCUT2D eigenvalue weighted by Crippen LogP contribution is 2.30. The van der Waals surface area contributed by atoms with E-state index < -0.39 is 0 Å². The van der Waals surface area contributed by atoms with Crippen molar-refractivity contribution in [3.05, 3.63) is 23.8 Å². The molecule has 5 nitrogen and oxygen atoms in total. The van der Waals surface area contributed by atoms with E-state index in [0.717, 1.165) is 12.8 Å². The number of rotatable bonds is 3. The van der Waals surface area contributed by atoms with Crippen LogP contribution in [0.25, 0.3) is 0 Å². The molecule has 0 aromatic heterocycles. The van der Waals surface area contributed by atoms with Crippen LogP contribution in [-0.4, -0.2) is 47.2 Å². The van der Waals surface area contributed by atoms with Gasteiger partial charge in [-0.3, -0.25) is 4.79 Å². The van der Waals surface area contributed by atoms with Gasteiger partial charge in [0.25, 0.3) is 5.91 Å². The molecule has 0 radical (unpaired) electrons. The molecule has 20 heavy (non-hydrogen) atoms. The SMILES string of the molecule is CCC1CN(C(=O)c2c(O)cccc2O)CCC1NC. The van der Waals surface area contributed by atoms with Crippen molar-refractivity contribution in [1.29, 1.82) is 0 Å². The van der Waals surface area contributed by atoms with Crippen molar-refractivity contribution in [3.63, 3.8) is 0 Å². The van der Waals surface area contributed by atoms with Crippen LogP contribution in [0.4, 0.5) is 0 Å². The maximum Gasteiger partial charge on any atom is 0.261 e. The van der Waals surface area contributed by atoms with Crippen LogP contribution in [0, 0.1) is 5.92 Å². The first-order valence-electron chi connectivity index (χ1n) is 7.06. The molecule has 1 aromatic rings.